The van der Waals surface area contributed by atoms with Crippen LogP contribution in [0.3, 0.4) is 0 Å². The van der Waals surface area contributed by atoms with Gasteiger partial charge in [-0.15, -0.1) is 0 Å². The van der Waals surface area contributed by atoms with Crippen LogP contribution in [-0.4, -0.2) is 21.2 Å². The molecular weight excluding hydrogens is 316 g/mol. The number of nitrogens with zero attached hydrogens (tertiary/aromatic N) is 4. The summed E-state index contributed by atoms with van der Waals surface area (Å²) in [7, 11) is 0. The molecule has 0 amide bonds. The predicted molar refractivity (Wildman–Crippen MR) is 97.5 cm³/mol. The van der Waals surface area contributed by atoms with E-state index in [4.69, 9.17) is 10.6 Å². The quantitative estimate of drug-likeness (QED) is 0.531. The van der Waals surface area contributed by atoms with Gasteiger partial charge in [-0.2, -0.15) is 15.0 Å². The van der Waals surface area contributed by atoms with E-state index in [9.17, 15) is 0 Å². The lowest BCUT2D eigenvalue weighted by Crippen LogP contribution is -2.07. The Morgan fingerprint density at radius 2 is 1.80 bits per heavy atom. The summed E-state index contributed by atoms with van der Waals surface area (Å²) in [6.07, 6.45) is 1.62. The summed E-state index contributed by atoms with van der Waals surface area (Å²) in [5.74, 6) is 0.879. The van der Waals surface area contributed by atoms with Gasteiger partial charge < -0.3 is 15.9 Å². The van der Waals surface area contributed by atoms with E-state index in [1.807, 2.05) is 61.5 Å². The first-order valence-corrected chi connectivity index (χ1v) is 7.73. The molecule has 0 saturated carbocycles. The maximum atomic E-state index is 5.74. The van der Waals surface area contributed by atoms with Gasteiger partial charge in [0.25, 0.3) is 0 Å². The Morgan fingerprint density at radius 1 is 1.04 bits per heavy atom. The van der Waals surface area contributed by atoms with Crippen molar-refractivity contribution in [3.05, 3.63) is 71.5 Å². The molecule has 126 valence electrons. The lowest BCUT2D eigenvalue weighted by molar-refractivity contribution is 0.126. The number of nitrogens with two attached hydrogens (primary N) is 1. The first-order chi connectivity index (χ1) is 12.2. The van der Waals surface area contributed by atoms with Gasteiger partial charge in [0.2, 0.25) is 11.9 Å². The number of rotatable bonds is 6. The number of hydrogen-bond donors (Lipinski definition) is 2. The summed E-state index contributed by atoms with van der Waals surface area (Å²) < 4.78 is 0. The van der Waals surface area contributed by atoms with Gasteiger partial charge in [-0.25, -0.2) is 0 Å². The number of hydrogen-bond acceptors (Lipinski definition) is 7. The average Bonchev–Trinajstić information content (AvgIpc) is 2.61. The normalized spacial score (nSPS) is 10.8. The molecule has 0 spiro atoms. The maximum Gasteiger partial charge on any atom is 0.232 e. The SMILES string of the molecule is Cc1ccc(Nc2nc(N)nc(CO/N=C\c3ccccc3)n2)cc1. The monoisotopic (exact) mass is 334 g/mol. The number of oxime groups is 1. The lowest BCUT2D eigenvalue weighted by Gasteiger charge is -2.07. The van der Waals surface area contributed by atoms with E-state index >= 15 is 0 Å². The molecule has 1 aromatic heterocycles. The second-order valence-corrected chi connectivity index (χ2v) is 5.34. The van der Waals surface area contributed by atoms with Crippen LogP contribution in [0.1, 0.15) is 17.0 Å². The zero-order valence-corrected chi connectivity index (χ0v) is 13.8. The molecule has 0 fully saturated rings. The van der Waals surface area contributed by atoms with Crippen molar-refractivity contribution in [1.29, 1.82) is 0 Å². The minimum Gasteiger partial charge on any atom is -0.388 e. The lowest BCUT2D eigenvalue weighted by atomic mass is 10.2. The van der Waals surface area contributed by atoms with E-state index in [-0.39, 0.29) is 12.6 Å². The third-order valence-corrected chi connectivity index (χ3v) is 3.28. The van der Waals surface area contributed by atoms with Crippen LogP contribution in [0.25, 0.3) is 0 Å². The van der Waals surface area contributed by atoms with Crippen molar-refractivity contribution in [3.8, 4) is 0 Å². The van der Waals surface area contributed by atoms with E-state index < -0.39 is 0 Å². The molecule has 25 heavy (non-hydrogen) atoms. The summed E-state index contributed by atoms with van der Waals surface area (Å²) in [4.78, 5) is 17.6. The van der Waals surface area contributed by atoms with Crippen LogP contribution in [-0.2, 0) is 11.4 Å². The Morgan fingerprint density at radius 3 is 2.56 bits per heavy atom. The van der Waals surface area contributed by atoms with Crippen molar-refractivity contribution in [3.63, 3.8) is 0 Å². The van der Waals surface area contributed by atoms with Gasteiger partial charge in [-0.1, -0.05) is 53.2 Å². The first-order valence-electron chi connectivity index (χ1n) is 7.73. The molecule has 3 rings (SSSR count). The Kier molecular flexibility index (Phi) is 5.16. The number of benzene rings is 2. The van der Waals surface area contributed by atoms with Crippen LogP contribution in [0.2, 0.25) is 0 Å². The van der Waals surface area contributed by atoms with Crippen LogP contribution < -0.4 is 11.1 Å². The van der Waals surface area contributed by atoms with Gasteiger partial charge >= 0.3 is 0 Å². The van der Waals surface area contributed by atoms with E-state index in [0.29, 0.717) is 11.8 Å². The van der Waals surface area contributed by atoms with E-state index in [1.165, 1.54) is 5.56 Å². The van der Waals surface area contributed by atoms with Crippen molar-refractivity contribution in [2.75, 3.05) is 11.1 Å². The Bertz CT molecular complexity index is 849. The topological polar surface area (TPSA) is 98.3 Å². The zero-order chi connectivity index (χ0) is 17.5. The Hall–Kier alpha value is -3.48. The molecule has 1 heterocycles. The molecule has 0 bridgehead atoms. The summed E-state index contributed by atoms with van der Waals surface area (Å²) in [6, 6.07) is 17.5. The summed E-state index contributed by atoms with van der Waals surface area (Å²) >= 11 is 0. The minimum absolute atomic E-state index is 0.0959. The second-order valence-electron chi connectivity index (χ2n) is 5.34. The Labute approximate surface area is 145 Å². The van der Waals surface area contributed by atoms with Crippen molar-refractivity contribution < 1.29 is 4.84 Å². The van der Waals surface area contributed by atoms with Gasteiger partial charge in [0.1, 0.15) is 0 Å². The molecule has 0 unspecified atom stereocenters. The largest absolute Gasteiger partial charge is 0.388 e. The van der Waals surface area contributed by atoms with Crippen molar-refractivity contribution in [2.45, 2.75) is 13.5 Å². The van der Waals surface area contributed by atoms with Gasteiger partial charge in [0.05, 0.1) is 6.21 Å². The number of aromatic nitrogens is 3. The average molecular weight is 334 g/mol. The number of nitrogens with one attached hydrogen (secondary N) is 1. The van der Waals surface area contributed by atoms with Crippen LogP contribution in [0, 0.1) is 6.92 Å². The third kappa shape index (κ3) is 5.00. The number of anilines is 3. The number of aryl methyl sites for hydroxylation is 1. The maximum absolute atomic E-state index is 5.74. The highest BCUT2D eigenvalue weighted by atomic mass is 16.6. The summed E-state index contributed by atoms with van der Waals surface area (Å²) in [5, 5.41) is 7.00. The van der Waals surface area contributed by atoms with Gasteiger partial charge in [0.15, 0.2) is 12.4 Å². The molecule has 0 atom stereocenters. The molecule has 0 radical (unpaired) electrons. The predicted octanol–water partition coefficient (Wildman–Crippen LogP) is 3.06. The molecular formula is C18H18N6O. The fraction of sp³-hybridized carbons (Fsp3) is 0.111. The molecule has 7 nitrogen and oxygen atoms in total. The van der Waals surface area contributed by atoms with E-state index in [0.717, 1.165) is 11.3 Å². The summed E-state index contributed by atoms with van der Waals surface area (Å²) in [6.45, 7) is 2.12. The molecule has 0 aliphatic carbocycles. The van der Waals surface area contributed by atoms with Gasteiger partial charge in [-0.3, -0.25) is 0 Å². The minimum atomic E-state index is 0.0959. The highest BCUT2D eigenvalue weighted by molar-refractivity contribution is 5.78. The van der Waals surface area contributed by atoms with Crippen LogP contribution in [0.4, 0.5) is 17.6 Å². The smallest absolute Gasteiger partial charge is 0.232 e. The summed E-state index contributed by atoms with van der Waals surface area (Å²) in [5.41, 5.74) is 8.72. The Balaban J connectivity index is 1.63. The fourth-order valence-corrected chi connectivity index (χ4v) is 2.06. The highest BCUT2D eigenvalue weighted by Crippen LogP contribution is 2.14. The van der Waals surface area contributed by atoms with Gasteiger partial charge in [0, 0.05) is 5.69 Å². The molecule has 3 aromatic rings. The first kappa shape index (κ1) is 16.4. The van der Waals surface area contributed by atoms with Crippen molar-refractivity contribution in [1.82, 2.24) is 15.0 Å². The van der Waals surface area contributed by atoms with Crippen LogP contribution in [0.5, 0.6) is 0 Å². The van der Waals surface area contributed by atoms with Crippen molar-refractivity contribution in [2.24, 2.45) is 5.16 Å². The van der Waals surface area contributed by atoms with Crippen LogP contribution >= 0.6 is 0 Å². The third-order valence-electron chi connectivity index (χ3n) is 3.28. The zero-order valence-electron chi connectivity index (χ0n) is 13.8. The van der Waals surface area contributed by atoms with E-state index in [1.54, 1.807) is 6.21 Å². The second kappa shape index (κ2) is 7.87. The molecule has 3 N–H and O–H groups in total. The molecule has 0 aliphatic heterocycles. The molecule has 0 saturated heterocycles. The fourth-order valence-electron chi connectivity index (χ4n) is 2.06. The van der Waals surface area contributed by atoms with Crippen molar-refractivity contribution >= 4 is 23.8 Å². The molecule has 7 heteroatoms. The van der Waals surface area contributed by atoms with E-state index in [2.05, 4.69) is 25.4 Å². The highest BCUT2D eigenvalue weighted by Gasteiger charge is 2.05. The van der Waals surface area contributed by atoms with Gasteiger partial charge in [-0.05, 0) is 24.6 Å². The van der Waals surface area contributed by atoms with Crippen LogP contribution in [0.15, 0.2) is 59.8 Å². The molecule has 0 aliphatic rings. The molecule has 2 aromatic carbocycles. The number of nitrogen functional groups attached to an aromatic ring is 1. The standard InChI is InChI=1S/C18H18N6O/c1-13-7-9-15(10-8-13)21-18-23-16(22-17(19)24-18)12-25-20-11-14-5-3-2-4-6-14/h2-11H,12H2,1H3,(H3,19,21,22,23,24)/b20-11-.